The van der Waals surface area contributed by atoms with E-state index in [1.165, 1.54) is 4.31 Å². The minimum absolute atomic E-state index is 0.0601. The Morgan fingerprint density at radius 3 is 2.60 bits per heavy atom. The number of sulfonamides is 1. The number of carbonyl (C=O) groups excluding carboxylic acids is 1. The first-order valence-electron chi connectivity index (χ1n) is 8.19. The first-order valence-corrected chi connectivity index (χ1v) is 9.63. The van der Waals surface area contributed by atoms with Crippen LogP contribution in [0.4, 0.5) is 0 Å². The number of aromatic nitrogens is 2. The SMILES string of the molecule is CNC(=O)C1(n2cccn2)CCCN(S(=O)(=O)c2ccc(C)cc2)C1. The lowest BCUT2D eigenvalue weighted by Gasteiger charge is -2.40. The molecule has 0 radical (unpaired) electrons. The average Bonchev–Trinajstić information content (AvgIpc) is 3.16. The monoisotopic (exact) mass is 362 g/mol. The first kappa shape index (κ1) is 17.6. The van der Waals surface area contributed by atoms with Crippen molar-refractivity contribution in [2.75, 3.05) is 20.1 Å². The van der Waals surface area contributed by atoms with E-state index in [-0.39, 0.29) is 17.3 Å². The molecule has 1 aromatic heterocycles. The Morgan fingerprint density at radius 2 is 2.00 bits per heavy atom. The van der Waals surface area contributed by atoms with Gasteiger partial charge in [-0.2, -0.15) is 9.40 Å². The van der Waals surface area contributed by atoms with Crippen molar-refractivity contribution in [3.63, 3.8) is 0 Å². The quantitative estimate of drug-likeness (QED) is 0.883. The van der Waals surface area contributed by atoms with Crippen LogP contribution in [0.15, 0.2) is 47.6 Å². The van der Waals surface area contributed by atoms with E-state index in [0.29, 0.717) is 19.4 Å². The molecule has 134 valence electrons. The minimum atomic E-state index is -3.67. The molecule has 1 unspecified atom stereocenters. The van der Waals surface area contributed by atoms with Crippen LogP contribution in [0.1, 0.15) is 18.4 Å². The summed E-state index contributed by atoms with van der Waals surface area (Å²) in [5.74, 6) is -0.236. The number of likely N-dealkylation sites (N-methyl/N-ethyl adjacent to an activating group) is 1. The van der Waals surface area contributed by atoms with Crippen LogP contribution in [-0.4, -0.2) is 48.5 Å². The zero-order chi connectivity index (χ0) is 18.1. The molecule has 1 amide bonds. The number of piperidine rings is 1. The summed E-state index contributed by atoms with van der Waals surface area (Å²) in [7, 11) is -2.11. The van der Waals surface area contributed by atoms with Gasteiger partial charge < -0.3 is 5.32 Å². The summed E-state index contributed by atoms with van der Waals surface area (Å²) in [4.78, 5) is 12.9. The number of amides is 1. The molecule has 0 spiro atoms. The van der Waals surface area contributed by atoms with Crippen LogP contribution < -0.4 is 5.32 Å². The number of nitrogens with zero attached hydrogens (tertiary/aromatic N) is 3. The van der Waals surface area contributed by atoms with E-state index >= 15 is 0 Å². The molecule has 1 saturated heterocycles. The van der Waals surface area contributed by atoms with Crippen molar-refractivity contribution in [1.29, 1.82) is 0 Å². The summed E-state index contributed by atoms with van der Waals surface area (Å²) in [6.07, 6.45) is 4.42. The molecular formula is C17H22N4O3S. The fourth-order valence-corrected chi connectivity index (χ4v) is 4.82. The van der Waals surface area contributed by atoms with Crippen molar-refractivity contribution < 1.29 is 13.2 Å². The van der Waals surface area contributed by atoms with Gasteiger partial charge in [0.1, 0.15) is 0 Å². The van der Waals surface area contributed by atoms with E-state index in [1.54, 1.807) is 54.5 Å². The van der Waals surface area contributed by atoms with Crippen LogP contribution >= 0.6 is 0 Å². The zero-order valence-corrected chi connectivity index (χ0v) is 15.2. The summed E-state index contributed by atoms with van der Waals surface area (Å²) in [6, 6.07) is 8.49. The van der Waals surface area contributed by atoms with E-state index in [2.05, 4.69) is 10.4 Å². The van der Waals surface area contributed by atoms with Crippen LogP contribution in [0.3, 0.4) is 0 Å². The molecule has 2 heterocycles. The molecule has 0 saturated carbocycles. The lowest BCUT2D eigenvalue weighted by atomic mass is 9.89. The highest BCUT2D eigenvalue weighted by Crippen LogP contribution is 2.32. The third kappa shape index (κ3) is 3.07. The lowest BCUT2D eigenvalue weighted by Crippen LogP contribution is -2.58. The molecule has 1 atom stereocenters. The number of rotatable bonds is 4. The highest BCUT2D eigenvalue weighted by atomic mass is 32.2. The fourth-order valence-electron chi connectivity index (χ4n) is 3.29. The molecule has 8 heteroatoms. The van der Waals surface area contributed by atoms with Crippen molar-refractivity contribution in [3.8, 4) is 0 Å². The Balaban J connectivity index is 1.99. The van der Waals surface area contributed by atoms with Crippen molar-refractivity contribution in [3.05, 3.63) is 48.3 Å². The molecule has 1 fully saturated rings. The average molecular weight is 362 g/mol. The van der Waals surface area contributed by atoms with Gasteiger partial charge in [0, 0.05) is 32.5 Å². The lowest BCUT2D eigenvalue weighted by molar-refractivity contribution is -0.132. The van der Waals surface area contributed by atoms with Crippen LogP contribution in [0.5, 0.6) is 0 Å². The van der Waals surface area contributed by atoms with Crippen molar-refractivity contribution in [2.45, 2.75) is 30.2 Å². The molecule has 25 heavy (non-hydrogen) atoms. The van der Waals surface area contributed by atoms with Crippen molar-refractivity contribution in [2.24, 2.45) is 0 Å². The van der Waals surface area contributed by atoms with Gasteiger partial charge in [0.05, 0.1) is 4.90 Å². The van der Waals surface area contributed by atoms with E-state index in [0.717, 1.165) is 5.56 Å². The van der Waals surface area contributed by atoms with E-state index in [4.69, 9.17) is 0 Å². The molecule has 1 N–H and O–H groups in total. The topological polar surface area (TPSA) is 84.3 Å². The molecule has 1 aliphatic heterocycles. The highest BCUT2D eigenvalue weighted by molar-refractivity contribution is 7.89. The smallest absolute Gasteiger partial charge is 0.249 e. The maximum absolute atomic E-state index is 13.0. The van der Waals surface area contributed by atoms with Crippen LogP contribution in [0.25, 0.3) is 0 Å². The van der Waals surface area contributed by atoms with Gasteiger partial charge in [-0.05, 0) is 38.0 Å². The number of benzene rings is 1. The predicted octanol–water partition coefficient (Wildman–Crippen LogP) is 1.12. The number of carbonyl (C=O) groups is 1. The van der Waals surface area contributed by atoms with Crippen LogP contribution in [-0.2, 0) is 20.4 Å². The van der Waals surface area contributed by atoms with E-state index in [9.17, 15) is 13.2 Å². The minimum Gasteiger partial charge on any atom is -0.357 e. The second kappa shape index (κ2) is 6.61. The summed E-state index contributed by atoms with van der Waals surface area (Å²) < 4.78 is 29.0. The Bertz CT molecular complexity index is 847. The van der Waals surface area contributed by atoms with Gasteiger partial charge in [-0.25, -0.2) is 8.42 Å². The van der Waals surface area contributed by atoms with Gasteiger partial charge >= 0.3 is 0 Å². The summed E-state index contributed by atoms with van der Waals surface area (Å²) >= 11 is 0. The molecule has 7 nitrogen and oxygen atoms in total. The fraction of sp³-hybridized carbons (Fsp3) is 0.412. The maximum atomic E-state index is 13.0. The summed E-state index contributed by atoms with van der Waals surface area (Å²) in [5, 5.41) is 6.88. The van der Waals surface area contributed by atoms with Gasteiger partial charge in [-0.1, -0.05) is 17.7 Å². The molecule has 0 bridgehead atoms. The molecule has 0 aliphatic carbocycles. The summed E-state index contributed by atoms with van der Waals surface area (Å²) in [5.41, 5.74) is -0.0392. The Kier molecular flexibility index (Phi) is 4.66. The highest BCUT2D eigenvalue weighted by Gasteiger charge is 2.47. The van der Waals surface area contributed by atoms with Crippen LogP contribution in [0, 0.1) is 6.92 Å². The molecule has 1 aliphatic rings. The predicted molar refractivity (Wildman–Crippen MR) is 93.4 cm³/mol. The number of hydrogen-bond acceptors (Lipinski definition) is 4. The third-order valence-electron chi connectivity index (χ3n) is 4.69. The molecule has 1 aromatic carbocycles. The van der Waals surface area contributed by atoms with E-state index in [1.807, 2.05) is 6.92 Å². The standard InChI is InChI=1S/C17H22N4O3S/c1-14-5-7-15(8-6-14)25(23,24)20-11-3-9-17(13-20,16(22)18-2)21-12-4-10-19-21/h4-8,10,12H,3,9,11,13H2,1-2H3,(H,18,22). The van der Waals surface area contributed by atoms with E-state index < -0.39 is 15.6 Å². The second-order valence-electron chi connectivity index (χ2n) is 6.32. The molecular weight excluding hydrogens is 340 g/mol. The Labute approximate surface area is 147 Å². The zero-order valence-electron chi connectivity index (χ0n) is 14.3. The number of nitrogens with one attached hydrogen (secondary N) is 1. The Morgan fingerprint density at radius 1 is 1.28 bits per heavy atom. The largest absolute Gasteiger partial charge is 0.357 e. The number of hydrogen-bond donors (Lipinski definition) is 1. The molecule has 3 rings (SSSR count). The first-order chi connectivity index (χ1) is 11.9. The number of aryl methyl sites for hydroxylation is 1. The van der Waals surface area contributed by atoms with Crippen molar-refractivity contribution in [1.82, 2.24) is 19.4 Å². The van der Waals surface area contributed by atoms with Gasteiger partial charge in [0.2, 0.25) is 15.9 Å². The summed E-state index contributed by atoms with van der Waals surface area (Å²) in [6.45, 7) is 2.35. The Hall–Kier alpha value is -2.19. The van der Waals surface area contributed by atoms with Gasteiger partial charge in [-0.15, -0.1) is 0 Å². The van der Waals surface area contributed by atoms with Gasteiger partial charge in [0.15, 0.2) is 5.54 Å². The third-order valence-corrected chi connectivity index (χ3v) is 6.55. The van der Waals surface area contributed by atoms with Gasteiger partial charge in [-0.3, -0.25) is 9.48 Å². The van der Waals surface area contributed by atoms with Gasteiger partial charge in [0.25, 0.3) is 0 Å². The second-order valence-corrected chi connectivity index (χ2v) is 8.25. The van der Waals surface area contributed by atoms with Crippen molar-refractivity contribution >= 4 is 15.9 Å². The molecule has 2 aromatic rings. The maximum Gasteiger partial charge on any atom is 0.249 e. The van der Waals surface area contributed by atoms with Crippen LogP contribution in [0.2, 0.25) is 0 Å². The normalized spacial score (nSPS) is 21.8.